The van der Waals surface area contributed by atoms with Gasteiger partial charge in [-0.3, -0.25) is 4.99 Å². The summed E-state index contributed by atoms with van der Waals surface area (Å²) in [6.07, 6.45) is 2.47. The van der Waals surface area contributed by atoms with Crippen molar-refractivity contribution in [2.45, 2.75) is 43.3 Å². The molecule has 0 aromatic carbocycles. The van der Waals surface area contributed by atoms with Crippen molar-refractivity contribution in [3.8, 4) is 0 Å². The minimum Gasteiger partial charge on any atom is -0.355 e. The molecule has 3 N–H and O–H groups in total. The van der Waals surface area contributed by atoms with Gasteiger partial charge in [0.15, 0.2) is 5.96 Å². The molecule has 2 heterocycles. The van der Waals surface area contributed by atoms with Crippen LogP contribution in [0.25, 0.3) is 0 Å². The number of hydrogen-bond donors (Lipinski definition) is 3. The molecule has 0 radical (unpaired) electrons. The number of aliphatic imine (C=N–C) groups is 1. The Hall–Kier alpha value is -0.0400. The van der Waals surface area contributed by atoms with Gasteiger partial charge in [-0.2, -0.15) is 11.8 Å². The van der Waals surface area contributed by atoms with Gasteiger partial charge in [-0.15, -0.1) is 35.3 Å². The lowest BCUT2D eigenvalue weighted by Gasteiger charge is -2.24. The monoisotopic (exact) mass is 532 g/mol. The third-order valence-corrected chi connectivity index (χ3v) is 8.37. The van der Waals surface area contributed by atoms with Crippen LogP contribution in [0.15, 0.2) is 16.0 Å². The zero-order valence-electron chi connectivity index (χ0n) is 15.7. The highest BCUT2D eigenvalue weighted by atomic mass is 127. The van der Waals surface area contributed by atoms with Gasteiger partial charge in [0.2, 0.25) is 10.0 Å². The van der Waals surface area contributed by atoms with Crippen molar-refractivity contribution in [3.63, 3.8) is 0 Å². The zero-order chi connectivity index (χ0) is 18.5. The van der Waals surface area contributed by atoms with Crippen molar-refractivity contribution >= 4 is 63.1 Å². The number of rotatable bonds is 7. The Labute approximate surface area is 182 Å². The standard InChI is InChI=1S/C16H28N4O2S3.HI/c1-12-10-14(13(2)24-12)25(21,22)20-8-7-18-15(17-4)19-11-16(3)6-5-9-23-16;/h10,20H,5-9,11H2,1-4H3,(H2,17,18,19);1H. The maximum absolute atomic E-state index is 12.3. The van der Waals surface area contributed by atoms with Gasteiger partial charge >= 0.3 is 0 Å². The molecule has 1 aromatic heterocycles. The summed E-state index contributed by atoms with van der Waals surface area (Å²) in [5.74, 6) is 1.92. The fourth-order valence-electron chi connectivity index (χ4n) is 2.79. The number of guanidine groups is 1. The van der Waals surface area contributed by atoms with E-state index in [0.717, 1.165) is 16.3 Å². The maximum atomic E-state index is 12.3. The average Bonchev–Trinajstić information content (AvgIpc) is 3.13. The zero-order valence-corrected chi connectivity index (χ0v) is 20.5. The highest BCUT2D eigenvalue weighted by Gasteiger charge is 2.29. The summed E-state index contributed by atoms with van der Waals surface area (Å²) in [7, 11) is -1.73. The van der Waals surface area contributed by atoms with Gasteiger partial charge in [-0.1, -0.05) is 0 Å². The van der Waals surface area contributed by atoms with Crippen molar-refractivity contribution in [2.75, 3.05) is 32.4 Å². The topological polar surface area (TPSA) is 82.6 Å². The summed E-state index contributed by atoms with van der Waals surface area (Å²) in [5, 5.41) is 6.50. The molecule has 6 nitrogen and oxygen atoms in total. The fraction of sp³-hybridized carbons (Fsp3) is 0.688. The van der Waals surface area contributed by atoms with E-state index < -0.39 is 10.0 Å². The van der Waals surface area contributed by atoms with Crippen molar-refractivity contribution in [3.05, 3.63) is 15.8 Å². The van der Waals surface area contributed by atoms with Crippen LogP contribution in [0, 0.1) is 13.8 Å². The largest absolute Gasteiger partial charge is 0.355 e. The lowest BCUT2D eigenvalue weighted by atomic mass is 10.1. The molecule has 0 spiro atoms. The quantitative estimate of drug-likeness (QED) is 0.218. The van der Waals surface area contributed by atoms with Gasteiger partial charge in [0.25, 0.3) is 0 Å². The van der Waals surface area contributed by atoms with E-state index in [1.807, 2.05) is 25.6 Å². The van der Waals surface area contributed by atoms with E-state index in [-0.39, 0.29) is 28.7 Å². The van der Waals surface area contributed by atoms with Crippen LogP contribution in [0.3, 0.4) is 0 Å². The first kappa shape index (κ1) is 24.0. The van der Waals surface area contributed by atoms with E-state index in [9.17, 15) is 8.42 Å². The number of nitrogens with one attached hydrogen (secondary N) is 3. The van der Waals surface area contributed by atoms with Crippen LogP contribution in [-0.4, -0.2) is 51.6 Å². The normalized spacial score (nSPS) is 20.7. The lowest BCUT2D eigenvalue weighted by molar-refractivity contribution is 0.577. The van der Waals surface area contributed by atoms with Crippen LogP contribution < -0.4 is 15.4 Å². The Kier molecular flexibility index (Phi) is 9.68. The van der Waals surface area contributed by atoms with Crippen LogP contribution in [0.5, 0.6) is 0 Å². The van der Waals surface area contributed by atoms with Gasteiger partial charge < -0.3 is 10.6 Å². The van der Waals surface area contributed by atoms with Gasteiger partial charge in [0.05, 0.1) is 4.90 Å². The van der Waals surface area contributed by atoms with E-state index in [4.69, 9.17) is 0 Å². The molecule has 1 atom stereocenters. The number of hydrogen-bond acceptors (Lipinski definition) is 5. The Balaban J connectivity index is 0.00000338. The predicted molar refractivity (Wildman–Crippen MR) is 124 cm³/mol. The van der Waals surface area contributed by atoms with Crippen molar-refractivity contribution in [1.82, 2.24) is 15.4 Å². The summed E-state index contributed by atoms with van der Waals surface area (Å²) in [6, 6.07) is 1.72. The van der Waals surface area contributed by atoms with Crippen LogP contribution in [-0.2, 0) is 10.0 Å². The molecular formula is C16H29IN4O2S3. The Bertz CT molecular complexity index is 713. The third kappa shape index (κ3) is 6.84. The number of thiophene rings is 1. The second-order valence-electron chi connectivity index (χ2n) is 6.43. The molecule has 0 bridgehead atoms. The van der Waals surface area contributed by atoms with Crippen molar-refractivity contribution in [2.24, 2.45) is 4.99 Å². The minimum absolute atomic E-state index is 0. The van der Waals surface area contributed by atoms with Gasteiger partial charge in [-0.25, -0.2) is 13.1 Å². The first-order valence-corrected chi connectivity index (χ1v) is 11.7. The van der Waals surface area contributed by atoms with Gasteiger partial charge in [0, 0.05) is 41.2 Å². The van der Waals surface area contributed by atoms with E-state index in [0.29, 0.717) is 23.9 Å². The van der Waals surface area contributed by atoms with Crippen molar-refractivity contribution in [1.29, 1.82) is 0 Å². The van der Waals surface area contributed by atoms with Crippen LogP contribution in [0.1, 0.15) is 29.5 Å². The van der Waals surface area contributed by atoms with Crippen LogP contribution in [0.4, 0.5) is 0 Å². The fourth-order valence-corrected chi connectivity index (χ4v) is 6.61. The third-order valence-electron chi connectivity index (χ3n) is 4.15. The second-order valence-corrected chi connectivity index (χ2v) is 11.3. The van der Waals surface area contributed by atoms with Crippen molar-refractivity contribution < 1.29 is 8.42 Å². The smallest absolute Gasteiger partial charge is 0.241 e. The van der Waals surface area contributed by atoms with E-state index in [1.165, 1.54) is 29.9 Å². The molecule has 0 amide bonds. The highest BCUT2D eigenvalue weighted by molar-refractivity contribution is 14.0. The number of halogens is 1. The maximum Gasteiger partial charge on any atom is 0.241 e. The van der Waals surface area contributed by atoms with Gasteiger partial charge in [-0.05, 0) is 45.4 Å². The molecule has 1 unspecified atom stereocenters. The average molecular weight is 533 g/mol. The van der Waals surface area contributed by atoms with Crippen LogP contribution >= 0.6 is 47.1 Å². The molecule has 1 aliphatic rings. The minimum atomic E-state index is -3.45. The first-order valence-electron chi connectivity index (χ1n) is 8.41. The molecule has 26 heavy (non-hydrogen) atoms. The summed E-state index contributed by atoms with van der Waals surface area (Å²) in [6.45, 7) is 7.66. The second kappa shape index (κ2) is 10.5. The molecule has 150 valence electrons. The molecule has 1 saturated heterocycles. The molecule has 0 saturated carbocycles. The van der Waals surface area contributed by atoms with E-state index >= 15 is 0 Å². The molecular weight excluding hydrogens is 503 g/mol. The summed E-state index contributed by atoms with van der Waals surface area (Å²) in [5.41, 5.74) is 0. The molecule has 1 aromatic rings. The summed E-state index contributed by atoms with van der Waals surface area (Å²) < 4.78 is 27.6. The molecule has 10 heteroatoms. The van der Waals surface area contributed by atoms with Crippen LogP contribution in [0.2, 0.25) is 0 Å². The summed E-state index contributed by atoms with van der Waals surface area (Å²) in [4.78, 5) is 6.39. The number of aryl methyl sites for hydroxylation is 2. The number of thioether (sulfide) groups is 1. The Morgan fingerprint density at radius 1 is 1.31 bits per heavy atom. The molecule has 1 fully saturated rings. The molecule has 2 rings (SSSR count). The lowest BCUT2D eigenvalue weighted by Crippen LogP contribution is -2.45. The molecule has 1 aliphatic heterocycles. The van der Waals surface area contributed by atoms with E-state index in [2.05, 4.69) is 27.3 Å². The predicted octanol–water partition coefficient (Wildman–Crippen LogP) is 2.71. The Morgan fingerprint density at radius 3 is 2.58 bits per heavy atom. The SMILES string of the molecule is CN=C(NCCNS(=O)(=O)c1cc(C)sc1C)NCC1(C)CCCS1.I. The van der Waals surface area contributed by atoms with Gasteiger partial charge in [0.1, 0.15) is 0 Å². The first-order chi connectivity index (χ1) is 11.8. The molecule has 0 aliphatic carbocycles. The Morgan fingerprint density at radius 2 is 2.04 bits per heavy atom. The highest BCUT2D eigenvalue weighted by Crippen LogP contribution is 2.36. The number of nitrogens with zero attached hydrogens (tertiary/aromatic N) is 1. The number of sulfonamides is 1. The summed E-state index contributed by atoms with van der Waals surface area (Å²) >= 11 is 3.49. The van der Waals surface area contributed by atoms with E-state index in [1.54, 1.807) is 13.1 Å².